The van der Waals surface area contributed by atoms with Gasteiger partial charge in [0.05, 0.1) is 12.5 Å². The van der Waals surface area contributed by atoms with Crippen LogP contribution in [0.5, 0.6) is 5.75 Å². The van der Waals surface area contributed by atoms with Gasteiger partial charge in [0, 0.05) is 6.54 Å². The number of rotatable bonds is 8. The number of aliphatic hydroxyl groups is 1. The standard InChI is InChI=1S/C16H22N2O3/c1-12(9-13(2)19)11-18-16(20)10-14-3-5-15(6-4-14)21-8-7-17/h3-6,12-13,19H,8-11H2,1-2H3,(H,18,20). The number of aliphatic hydroxyl groups excluding tert-OH is 1. The van der Waals surface area contributed by atoms with E-state index < -0.39 is 0 Å². The molecule has 1 rings (SSSR count). The van der Waals surface area contributed by atoms with E-state index in [-0.39, 0.29) is 24.5 Å². The van der Waals surface area contributed by atoms with Crippen LogP contribution >= 0.6 is 0 Å². The summed E-state index contributed by atoms with van der Waals surface area (Å²) in [5.74, 6) is 0.820. The number of ether oxygens (including phenoxy) is 1. The summed E-state index contributed by atoms with van der Waals surface area (Å²) in [6.07, 6.45) is 0.628. The summed E-state index contributed by atoms with van der Waals surface area (Å²) in [4.78, 5) is 11.8. The zero-order valence-corrected chi connectivity index (χ0v) is 12.5. The first-order valence-electron chi connectivity index (χ1n) is 7.04. The fourth-order valence-corrected chi connectivity index (χ4v) is 2.02. The van der Waals surface area contributed by atoms with Crippen molar-refractivity contribution in [2.45, 2.75) is 32.8 Å². The molecule has 5 heteroatoms. The molecule has 0 aromatic heterocycles. The first kappa shape index (κ1) is 17.0. The van der Waals surface area contributed by atoms with Crippen LogP contribution in [0.4, 0.5) is 0 Å². The Morgan fingerprint density at radius 2 is 2.05 bits per heavy atom. The van der Waals surface area contributed by atoms with Gasteiger partial charge in [-0.05, 0) is 37.0 Å². The van der Waals surface area contributed by atoms with E-state index in [2.05, 4.69) is 5.32 Å². The van der Waals surface area contributed by atoms with Gasteiger partial charge in [-0.15, -0.1) is 0 Å². The average molecular weight is 290 g/mol. The van der Waals surface area contributed by atoms with Gasteiger partial charge in [-0.3, -0.25) is 4.79 Å². The lowest BCUT2D eigenvalue weighted by Crippen LogP contribution is -2.30. The number of nitriles is 1. The van der Waals surface area contributed by atoms with Gasteiger partial charge in [0.15, 0.2) is 6.61 Å². The van der Waals surface area contributed by atoms with Crippen molar-refractivity contribution in [3.05, 3.63) is 29.8 Å². The first-order chi connectivity index (χ1) is 10.0. The molecule has 2 atom stereocenters. The molecule has 0 aliphatic carbocycles. The van der Waals surface area contributed by atoms with E-state index in [4.69, 9.17) is 10.00 Å². The van der Waals surface area contributed by atoms with E-state index in [0.717, 1.165) is 5.56 Å². The molecule has 0 saturated carbocycles. The predicted octanol–water partition coefficient (Wildman–Crippen LogP) is 1.65. The Kier molecular flexibility index (Phi) is 7.27. The highest BCUT2D eigenvalue weighted by atomic mass is 16.5. The number of hydrogen-bond acceptors (Lipinski definition) is 4. The van der Waals surface area contributed by atoms with Crippen molar-refractivity contribution in [3.63, 3.8) is 0 Å². The highest BCUT2D eigenvalue weighted by Crippen LogP contribution is 2.12. The smallest absolute Gasteiger partial charge is 0.224 e. The van der Waals surface area contributed by atoms with Gasteiger partial charge in [0.1, 0.15) is 11.8 Å². The Balaban J connectivity index is 2.36. The second-order valence-corrected chi connectivity index (χ2v) is 5.26. The van der Waals surface area contributed by atoms with Gasteiger partial charge in [-0.25, -0.2) is 0 Å². The largest absolute Gasteiger partial charge is 0.479 e. The third-order valence-corrected chi connectivity index (χ3v) is 2.98. The molecule has 1 amide bonds. The van der Waals surface area contributed by atoms with Crippen molar-refractivity contribution >= 4 is 5.91 Å². The number of nitrogens with one attached hydrogen (secondary N) is 1. The predicted molar refractivity (Wildman–Crippen MR) is 79.7 cm³/mol. The van der Waals surface area contributed by atoms with E-state index in [1.807, 2.05) is 25.1 Å². The van der Waals surface area contributed by atoms with Crippen molar-refractivity contribution < 1.29 is 14.6 Å². The number of carbonyl (C=O) groups excluding carboxylic acids is 1. The topological polar surface area (TPSA) is 82.3 Å². The van der Waals surface area contributed by atoms with Gasteiger partial charge in [0.25, 0.3) is 0 Å². The minimum Gasteiger partial charge on any atom is -0.479 e. The molecule has 5 nitrogen and oxygen atoms in total. The lowest BCUT2D eigenvalue weighted by Gasteiger charge is -2.14. The molecule has 0 fully saturated rings. The van der Waals surface area contributed by atoms with Crippen LogP contribution in [0.2, 0.25) is 0 Å². The molecule has 1 aromatic rings. The fourth-order valence-electron chi connectivity index (χ4n) is 2.02. The molecule has 2 N–H and O–H groups in total. The highest BCUT2D eigenvalue weighted by Gasteiger charge is 2.09. The Morgan fingerprint density at radius 3 is 2.62 bits per heavy atom. The Bertz CT molecular complexity index is 477. The van der Waals surface area contributed by atoms with Gasteiger partial charge < -0.3 is 15.2 Å². The maximum atomic E-state index is 11.8. The van der Waals surface area contributed by atoms with Crippen LogP contribution < -0.4 is 10.1 Å². The number of hydrogen-bond donors (Lipinski definition) is 2. The molecule has 21 heavy (non-hydrogen) atoms. The van der Waals surface area contributed by atoms with Crippen molar-refractivity contribution in [3.8, 4) is 11.8 Å². The SMILES string of the molecule is CC(O)CC(C)CNC(=O)Cc1ccc(OCC#N)cc1. The maximum Gasteiger partial charge on any atom is 0.224 e. The average Bonchev–Trinajstić information content (AvgIpc) is 2.44. The number of benzene rings is 1. The summed E-state index contributed by atoms with van der Waals surface area (Å²) >= 11 is 0. The Morgan fingerprint density at radius 1 is 1.38 bits per heavy atom. The molecular weight excluding hydrogens is 268 g/mol. The van der Waals surface area contributed by atoms with E-state index in [9.17, 15) is 9.90 Å². The fraction of sp³-hybridized carbons (Fsp3) is 0.500. The van der Waals surface area contributed by atoms with E-state index in [1.54, 1.807) is 19.1 Å². The molecule has 0 aliphatic heterocycles. The third-order valence-electron chi connectivity index (χ3n) is 2.98. The van der Waals surface area contributed by atoms with Gasteiger partial charge >= 0.3 is 0 Å². The molecule has 114 valence electrons. The summed E-state index contributed by atoms with van der Waals surface area (Å²) in [6, 6.07) is 9.01. The number of amides is 1. The lowest BCUT2D eigenvalue weighted by atomic mass is 10.0. The molecule has 0 radical (unpaired) electrons. The minimum absolute atomic E-state index is 0.0149. The zero-order chi connectivity index (χ0) is 15.7. The first-order valence-corrected chi connectivity index (χ1v) is 7.04. The van der Waals surface area contributed by atoms with Crippen LogP contribution in [0, 0.1) is 17.2 Å². The monoisotopic (exact) mass is 290 g/mol. The zero-order valence-electron chi connectivity index (χ0n) is 12.5. The quantitative estimate of drug-likeness (QED) is 0.762. The van der Waals surface area contributed by atoms with Crippen LogP contribution in [-0.2, 0) is 11.2 Å². The number of carbonyl (C=O) groups is 1. The van der Waals surface area contributed by atoms with Crippen LogP contribution in [0.1, 0.15) is 25.8 Å². The van der Waals surface area contributed by atoms with Gasteiger partial charge in [-0.2, -0.15) is 5.26 Å². The summed E-state index contributed by atoms with van der Waals surface area (Å²) in [5.41, 5.74) is 0.889. The normalized spacial score (nSPS) is 13.0. The third kappa shape index (κ3) is 7.33. The minimum atomic E-state index is -0.349. The Labute approximate surface area is 125 Å². The van der Waals surface area contributed by atoms with Crippen LogP contribution in [-0.4, -0.2) is 30.3 Å². The Hall–Kier alpha value is -2.06. The molecule has 2 unspecified atom stereocenters. The summed E-state index contributed by atoms with van der Waals surface area (Å²) < 4.78 is 5.15. The molecule has 0 spiro atoms. The maximum absolute atomic E-state index is 11.8. The number of nitrogens with zero attached hydrogens (tertiary/aromatic N) is 1. The van der Waals surface area contributed by atoms with E-state index in [0.29, 0.717) is 25.1 Å². The van der Waals surface area contributed by atoms with Crippen molar-refractivity contribution in [1.29, 1.82) is 5.26 Å². The molecule has 0 heterocycles. The summed E-state index contributed by atoms with van der Waals surface area (Å²) in [5, 5.41) is 20.5. The highest BCUT2D eigenvalue weighted by molar-refractivity contribution is 5.78. The van der Waals surface area contributed by atoms with E-state index in [1.165, 1.54) is 0 Å². The second kappa shape index (κ2) is 8.98. The summed E-state index contributed by atoms with van der Waals surface area (Å²) in [7, 11) is 0. The van der Waals surface area contributed by atoms with Crippen molar-refractivity contribution in [1.82, 2.24) is 5.32 Å². The van der Waals surface area contributed by atoms with Crippen LogP contribution in [0.15, 0.2) is 24.3 Å². The molecule has 0 bridgehead atoms. The molecule has 1 aromatic carbocycles. The van der Waals surface area contributed by atoms with E-state index >= 15 is 0 Å². The molecule has 0 aliphatic rings. The van der Waals surface area contributed by atoms with Gasteiger partial charge in [0.2, 0.25) is 5.91 Å². The van der Waals surface area contributed by atoms with Crippen LogP contribution in [0.3, 0.4) is 0 Å². The second-order valence-electron chi connectivity index (χ2n) is 5.26. The molecule has 0 saturated heterocycles. The summed E-state index contributed by atoms with van der Waals surface area (Å²) in [6.45, 7) is 4.32. The van der Waals surface area contributed by atoms with Gasteiger partial charge in [-0.1, -0.05) is 19.1 Å². The van der Waals surface area contributed by atoms with Crippen molar-refractivity contribution in [2.75, 3.05) is 13.2 Å². The van der Waals surface area contributed by atoms with Crippen molar-refractivity contribution in [2.24, 2.45) is 5.92 Å². The lowest BCUT2D eigenvalue weighted by molar-refractivity contribution is -0.120. The van der Waals surface area contributed by atoms with Crippen LogP contribution in [0.25, 0.3) is 0 Å². The molecular formula is C16H22N2O3.